The van der Waals surface area contributed by atoms with E-state index in [1.165, 1.54) is 35.9 Å². The van der Waals surface area contributed by atoms with Crippen LogP contribution in [0.5, 0.6) is 0 Å². The van der Waals surface area contributed by atoms with Crippen LogP contribution in [0, 0.1) is 10.1 Å². The Morgan fingerprint density at radius 1 is 1.48 bits per heavy atom. The van der Waals surface area contributed by atoms with E-state index in [0.717, 1.165) is 4.57 Å². The molecule has 1 N–H and O–H groups in total. The molecular weight excluding hydrogens is 346 g/mol. The third-order valence-corrected chi connectivity index (χ3v) is 4.78. The van der Waals surface area contributed by atoms with Gasteiger partial charge in [-0.1, -0.05) is 19.1 Å². The Kier molecular flexibility index (Phi) is 4.32. The molecule has 0 aliphatic heterocycles. The number of hydrogen-bond acceptors (Lipinski definition) is 6. The van der Waals surface area contributed by atoms with Crippen molar-refractivity contribution in [1.82, 2.24) is 9.55 Å². The second-order valence-corrected chi connectivity index (χ2v) is 6.21. The smallest absolute Gasteiger partial charge is 0.326 e. The zero-order chi connectivity index (χ0) is 18.1. The van der Waals surface area contributed by atoms with Crippen molar-refractivity contribution in [3.05, 3.63) is 56.4 Å². The summed E-state index contributed by atoms with van der Waals surface area (Å²) in [6, 6.07) is 4.94. The van der Waals surface area contributed by atoms with E-state index in [9.17, 15) is 24.8 Å². The molecular formula is C16H13N3O5S. The molecule has 0 bridgehead atoms. The summed E-state index contributed by atoms with van der Waals surface area (Å²) in [5.74, 6) is -1.11. The van der Waals surface area contributed by atoms with Gasteiger partial charge >= 0.3 is 5.97 Å². The number of aromatic nitrogens is 2. The van der Waals surface area contributed by atoms with Gasteiger partial charge in [-0.05, 0) is 12.0 Å². The third kappa shape index (κ3) is 2.89. The minimum absolute atomic E-state index is 0.0852. The van der Waals surface area contributed by atoms with Gasteiger partial charge in [0.25, 0.3) is 11.2 Å². The van der Waals surface area contributed by atoms with Crippen molar-refractivity contribution in [2.75, 3.05) is 0 Å². The molecule has 0 saturated carbocycles. The highest BCUT2D eigenvalue weighted by Crippen LogP contribution is 2.32. The van der Waals surface area contributed by atoms with Crippen molar-refractivity contribution in [1.29, 1.82) is 0 Å². The number of benzene rings is 1. The van der Waals surface area contributed by atoms with Crippen molar-refractivity contribution in [2.24, 2.45) is 0 Å². The third-order valence-electron chi connectivity index (χ3n) is 3.89. The first-order valence-electron chi connectivity index (χ1n) is 7.40. The number of rotatable bonds is 5. The van der Waals surface area contributed by atoms with Crippen LogP contribution >= 0.6 is 11.3 Å². The van der Waals surface area contributed by atoms with E-state index in [1.54, 1.807) is 18.4 Å². The van der Waals surface area contributed by atoms with Crippen LogP contribution in [0.1, 0.15) is 19.4 Å². The number of nitro benzene ring substituents is 1. The first-order chi connectivity index (χ1) is 11.9. The summed E-state index contributed by atoms with van der Waals surface area (Å²) in [5.41, 5.74) is 0.469. The van der Waals surface area contributed by atoms with Gasteiger partial charge in [-0.25, -0.2) is 9.78 Å². The second kappa shape index (κ2) is 6.44. The van der Waals surface area contributed by atoms with E-state index in [4.69, 9.17) is 0 Å². The Labute approximate surface area is 145 Å². The van der Waals surface area contributed by atoms with Gasteiger partial charge in [0.15, 0.2) is 0 Å². The first-order valence-corrected chi connectivity index (χ1v) is 8.28. The van der Waals surface area contributed by atoms with Gasteiger partial charge < -0.3 is 5.11 Å². The summed E-state index contributed by atoms with van der Waals surface area (Å²) in [6.07, 6.45) is 1.47. The Hall–Kier alpha value is -3.07. The fourth-order valence-corrected chi connectivity index (χ4v) is 3.56. The number of carboxylic acid groups (broad SMARTS) is 1. The maximum Gasteiger partial charge on any atom is 0.326 e. The Balaban J connectivity index is 2.25. The molecule has 0 amide bonds. The van der Waals surface area contributed by atoms with Crippen LogP contribution in [0.2, 0.25) is 0 Å². The van der Waals surface area contributed by atoms with E-state index in [1.807, 2.05) is 0 Å². The number of nitro groups is 1. The largest absolute Gasteiger partial charge is 0.480 e. The van der Waals surface area contributed by atoms with Crippen LogP contribution in [-0.2, 0) is 4.79 Å². The minimum atomic E-state index is -1.11. The lowest BCUT2D eigenvalue weighted by Gasteiger charge is -2.13. The molecule has 1 atom stereocenters. The van der Waals surface area contributed by atoms with Crippen molar-refractivity contribution in [3.8, 4) is 11.1 Å². The molecule has 0 radical (unpaired) electrons. The predicted molar refractivity (Wildman–Crippen MR) is 92.9 cm³/mol. The van der Waals surface area contributed by atoms with Gasteiger partial charge in [-0.3, -0.25) is 19.5 Å². The van der Waals surface area contributed by atoms with Crippen LogP contribution in [0.3, 0.4) is 0 Å². The normalized spacial score (nSPS) is 12.2. The van der Waals surface area contributed by atoms with E-state index < -0.39 is 22.5 Å². The highest BCUT2D eigenvalue weighted by atomic mass is 32.1. The zero-order valence-corrected chi connectivity index (χ0v) is 13.9. The number of non-ortho nitro benzene ring substituents is 1. The average molecular weight is 359 g/mol. The van der Waals surface area contributed by atoms with Crippen molar-refractivity contribution in [2.45, 2.75) is 19.4 Å². The molecule has 0 fully saturated rings. The van der Waals surface area contributed by atoms with E-state index in [2.05, 4.69) is 4.98 Å². The summed E-state index contributed by atoms with van der Waals surface area (Å²) >= 11 is 1.23. The Bertz CT molecular complexity index is 1040. The standard InChI is InChI=1S/C16H13N3O5S/c1-2-12(16(21)22)18-8-17-14-13(15(18)20)11(7-25-14)9-4-3-5-10(6-9)19(23)24/h3-8,12H,2H2,1H3,(H,21,22)/t12-/m1/s1. The number of thiophene rings is 1. The number of aliphatic carboxylic acids is 1. The molecule has 128 valence electrons. The zero-order valence-electron chi connectivity index (χ0n) is 13.1. The van der Waals surface area contributed by atoms with Gasteiger partial charge in [0.1, 0.15) is 10.9 Å². The molecule has 3 aromatic rings. The average Bonchev–Trinajstić information content (AvgIpc) is 3.02. The van der Waals surface area contributed by atoms with Crippen LogP contribution in [0.15, 0.2) is 40.8 Å². The van der Waals surface area contributed by atoms with Gasteiger partial charge in [0, 0.05) is 23.1 Å². The van der Waals surface area contributed by atoms with Crippen LogP contribution in [0.25, 0.3) is 21.3 Å². The number of carboxylic acids is 1. The quantitative estimate of drug-likeness (QED) is 0.553. The molecule has 0 saturated heterocycles. The maximum absolute atomic E-state index is 12.8. The first kappa shape index (κ1) is 16.8. The molecule has 3 rings (SSSR count). The number of fused-ring (bicyclic) bond motifs is 1. The molecule has 0 unspecified atom stereocenters. The summed E-state index contributed by atoms with van der Waals surface area (Å²) in [5, 5.41) is 22.2. The van der Waals surface area contributed by atoms with Gasteiger partial charge in [-0.2, -0.15) is 0 Å². The van der Waals surface area contributed by atoms with Crippen molar-refractivity contribution < 1.29 is 14.8 Å². The lowest BCUT2D eigenvalue weighted by atomic mass is 10.1. The molecule has 2 heterocycles. The Morgan fingerprint density at radius 2 is 2.24 bits per heavy atom. The van der Waals surface area contributed by atoms with Crippen LogP contribution < -0.4 is 5.56 Å². The van der Waals surface area contributed by atoms with Crippen molar-refractivity contribution in [3.63, 3.8) is 0 Å². The lowest BCUT2D eigenvalue weighted by Crippen LogP contribution is -2.29. The predicted octanol–water partition coefficient (Wildman–Crippen LogP) is 3.07. The molecule has 8 nitrogen and oxygen atoms in total. The van der Waals surface area contributed by atoms with Crippen LogP contribution in [-0.4, -0.2) is 25.6 Å². The fourth-order valence-electron chi connectivity index (χ4n) is 2.66. The summed E-state index contributed by atoms with van der Waals surface area (Å²) in [7, 11) is 0. The molecule has 25 heavy (non-hydrogen) atoms. The molecule has 0 aliphatic rings. The number of carbonyl (C=O) groups is 1. The topological polar surface area (TPSA) is 115 Å². The molecule has 1 aromatic carbocycles. The summed E-state index contributed by atoms with van der Waals surface area (Å²) in [6.45, 7) is 1.67. The summed E-state index contributed by atoms with van der Waals surface area (Å²) < 4.78 is 1.10. The highest BCUT2D eigenvalue weighted by molar-refractivity contribution is 7.17. The maximum atomic E-state index is 12.8. The summed E-state index contributed by atoms with van der Waals surface area (Å²) in [4.78, 5) is 39.3. The molecule has 9 heteroatoms. The number of nitrogens with zero attached hydrogens (tertiary/aromatic N) is 3. The van der Waals surface area contributed by atoms with Crippen LogP contribution in [0.4, 0.5) is 5.69 Å². The lowest BCUT2D eigenvalue weighted by molar-refractivity contribution is -0.384. The molecule has 2 aromatic heterocycles. The fraction of sp³-hybridized carbons (Fsp3) is 0.188. The SMILES string of the molecule is CC[C@H](C(=O)O)n1cnc2scc(-c3cccc([N+](=O)[O-])c3)c2c1=O. The second-order valence-electron chi connectivity index (χ2n) is 5.36. The van der Waals surface area contributed by atoms with Gasteiger partial charge in [0.2, 0.25) is 0 Å². The van der Waals surface area contributed by atoms with E-state index >= 15 is 0 Å². The van der Waals surface area contributed by atoms with Crippen molar-refractivity contribution >= 4 is 33.2 Å². The minimum Gasteiger partial charge on any atom is -0.480 e. The van der Waals surface area contributed by atoms with Gasteiger partial charge in [-0.15, -0.1) is 11.3 Å². The van der Waals surface area contributed by atoms with E-state index in [-0.39, 0.29) is 17.5 Å². The Morgan fingerprint density at radius 3 is 2.88 bits per heavy atom. The van der Waals surface area contributed by atoms with Gasteiger partial charge in [0.05, 0.1) is 16.6 Å². The van der Waals surface area contributed by atoms with E-state index in [0.29, 0.717) is 16.0 Å². The monoisotopic (exact) mass is 359 g/mol. The molecule has 0 spiro atoms. The highest BCUT2D eigenvalue weighted by Gasteiger charge is 2.22. The molecule has 0 aliphatic carbocycles. The number of hydrogen-bond donors (Lipinski definition) is 1.